The summed E-state index contributed by atoms with van der Waals surface area (Å²) in [4.78, 5) is 31.8. The maximum absolute atomic E-state index is 13.2. The minimum atomic E-state index is -1.14. The van der Waals surface area contributed by atoms with E-state index in [9.17, 15) is 14.7 Å². The van der Waals surface area contributed by atoms with E-state index in [0.29, 0.717) is 22.7 Å². The Hall–Kier alpha value is -4.35. The van der Waals surface area contributed by atoms with Gasteiger partial charge in [-0.05, 0) is 63.1 Å². The van der Waals surface area contributed by atoms with Gasteiger partial charge in [0, 0.05) is 24.9 Å². The van der Waals surface area contributed by atoms with E-state index in [1.165, 1.54) is 17.2 Å². The van der Waals surface area contributed by atoms with E-state index in [1.807, 2.05) is 32.0 Å². The number of anilines is 1. The van der Waals surface area contributed by atoms with Gasteiger partial charge in [0.05, 0.1) is 5.69 Å². The lowest BCUT2D eigenvalue weighted by molar-refractivity contribution is -0.120. The fourth-order valence-corrected chi connectivity index (χ4v) is 3.81. The zero-order chi connectivity index (χ0) is 26.7. The number of hydrogen-bond acceptors (Lipinski definition) is 6. The zero-order valence-electron chi connectivity index (χ0n) is 21.5. The number of para-hydroxylation sites is 1. The lowest BCUT2D eigenvalue weighted by Crippen LogP contribution is -2.49. The van der Waals surface area contributed by atoms with E-state index >= 15 is 0 Å². The highest BCUT2D eigenvalue weighted by atomic mass is 16.5. The molecule has 0 aliphatic carbocycles. The molecule has 37 heavy (non-hydrogen) atoms. The van der Waals surface area contributed by atoms with Crippen molar-refractivity contribution in [2.45, 2.75) is 39.3 Å². The first-order valence-corrected chi connectivity index (χ1v) is 11.8. The number of aromatic nitrogens is 1. The summed E-state index contributed by atoms with van der Waals surface area (Å²) < 4.78 is 11.9. The summed E-state index contributed by atoms with van der Waals surface area (Å²) >= 11 is 0. The zero-order valence-corrected chi connectivity index (χ0v) is 21.5. The summed E-state index contributed by atoms with van der Waals surface area (Å²) in [5.74, 6) is 6.46. The van der Waals surface area contributed by atoms with Crippen molar-refractivity contribution < 1.29 is 24.2 Å². The number of nitrogens with one attached hydrogen (secondary N) is 1. The Morgan fingerprint density at radius 1 is 1.19 bits per heavy atom. The van der Waals surface area contributed by atoms with Gasteiger partial charge in [0.2, 0.25) is 0 Å². The maximum Gasteiger partial charge on any atom is 0.270 e. The van der Waals surface area contributed by atoms with Gasteiger partial charge in [-0.25, -0.2) is 0 Å². The van der Waals surface area contributed by atoms with E-state index in [2.05, 4.69) is 22.1 Å². The van der Waals surface area contributed by atoms with Crippen LogP contribution >= 0.6 is 0 Å². The highest BCUT2D eigenvalue weighted by Gasteiger charge is 2.31. The normalized spacial score (nSPS) is 15.0. The molecule has 0 unspecified atom stereocenters. The molecule has 2 amide bonds. The molecule has 1 aliphatic heterocycles. The summed E-state index contributed by atoms with van der Waals surface area (Å²) in [6.07, 6.45) is 1.49. The van der Waals surface area contributed by atoms with Gasteiger partial charge in [0.1, 0.15) is 41.2 Å². The lowest BCUT2D eigenvalue weighted by Gasteiger charge is -2.20. The molecule has 0 saturated heterocycles. The predicted molar refractivity (Wildman–Crippen MR) is 140 cm³/mol. The lowest BCUT2D eigenvalue weighted by atomic mass is 10.1. The number of hydrogen-bond donors (Lipinski definition) is 2. The van der Waals surface area contributed by atoms with E-state index in [1.54, 1.807) is 45.2 Å². The van der Waals surface area contributed by atoms with Crippen LogP contribution in [0.1, 0.15) is 41.0 Å². The van der Waals surface area contributed by atoms with Crippen molar-refractivity contribution in [3.05, 3.63) is 77.1 Å². The van der Waals surface area contributed by atoms with Crippen LogP contribution in [0.3, 0.4) is 0 Å². The second-order valence-corrected chi connectivity index (χ2v) is 9.43. The van der Waals surface area contributed by atoms with Crippen LogP contribution in [0, 0.1) is 25.7 Å². The molecule has 2 N–H and O–H groups in total. The molecule has 2 heterocycles. The number of carbonyl (C=O) groups is 2. The number of aryl methyl sites for hydroxylation is 2. The fraction of sp³-hybridized carbons (Fsp3) is 0.276. The Balaban J connectivity index is 1.50. The number of aliphatic hydroxyl groups is 1. The molecule has 3 aromatic rings. The Kier molecular flexibility index (Phi) is 7.18. The quantitative estimate of drug-likeness (QED) is 0.530. The van der Waals surface area contributed by atoms with Crippen molar-refractivity contribution in [2.24, 2.45) is 0 Å². The molecule has 0 bridgehead atoms. The number of pyridine rings is 1. The highest BCUT2D eigenvalue weighted by molar-refractivity contribution is 6.03. The SMILES string of the molecule is Cc1cccc(C)c1Oc1ccnc(C(=O)N[C@@H]2COc3ccc(C#CC(C)(C)O)cc3N(C)C2=O)c1. The summed E-state index contributed by atoms with van der Waals surface area (Å²) in [6.45, 7) is 7.04. The fourth-order valence-electron chi connectivity index (χ4n) is 3.81. The van der Waals surface area contributed by atoms with Crippen LogP contribution in [0.2, 0.25) is 0 Å². The van der Waals surface area contributed by atoms with Crippen molar-refractivity contribution in [1.82, 2.24) is 10.3 Å². The molecule has 1 atom stereocenters. The van der Waals surface area contributed by atoms with Crippen LogP contribution in [0.25, 0.3) is 0 Å². The first-order chi connectivity index (χ1) is 17.5. The molecular weight excluding hydrogens is 470 g/mol. The van der Waals surface area contributed by atoms with Crippen LogP contribution in [0.15, 0.2) is 54.7 Å². The number of ether oxygens (including phenoxy) is 2. The van der Waals surface area contributed by atoms with Gasteiger partial charge in [-0.2, -0.15) is 0 Å². The van der Waals surface area contributed by atoms with E-state index < -0.39 is 17.6 Å². The van der Waals surface area contributed by atoms with Crippen LogP contribution in [0.4, 0.5) is 5.69 Å². The van der Waals surface area contributed by atoms with Crippen LogP contribution in [0.5, 0.6) is 17.2 Å². The van der Waals surface area contributed by atoms with Gasteiger partial charge in [0.15, 0.2) is 0 Å². The number of rotatable bonds is 4. The third-order valence-corrected chi connectivity index (χ3v) is 5.77. The molecule has 2 aromatic carbocycles. The minimum absolute atomic E-state index is 0.0464. The Bertz CT molecular complexity index is 1390. The van der Waals surface area contributed by atoms with Crippen LogP contribution < -0.4 is 19.7 Å². The maximum atomic E-state index is 13.2. The van der Waals surface area contributed by atoms with Crippen molar-refractivity contribution in [3.63, 3.8) is 0 Å². The summed E-state index contributed by atoms with van der Waals surface area (Å²) in [6, 6.07) is 13.3. The largest absolute Gasteiger partial charge is 0.489 e. The van der Waals surface area contributed by atoms with Gasteiger partial charge in [-0.3, -0.25) is 14.6 Å². The highest BCUT2D eigenvalue weighted by Crippen LogP contribution is 2.32. The average Bonchev–Trinajstić information content (AvgIpc) is 2.97. The second-order valence-electron chi connectivity index (χ2n) is 9.43. The van der Waals surface area contributed by atoms with Crippen LogP contribution in [-0.4, -0.2) is 47.2 Å². The van der Waals surface area contributed by atoms with Crippen LogP contribution in [-0.2, 0) is 4.79 Å². The molecule has 8 heteroatoms. The van der Waals surface area contributed by atoms with Gasteiger partial charge >= 0.3 is 0 Å². The minimum Gasteiger partial charge on any atom is -0.489 e. The monoisotopic (exact) mass is 499 g/mol. The second kappa shape index (κ2) is 10.3. The van der Waals surface area contributed by atoms with Gasteiger partial charge in [0.25, 0.3) is 11.8 Å². The smallest absolute Gasteiger partial charge is 0.270 e. The Labute approximate surface area is 216 Å². The van der Waals surface area contributed by atoms with E-state index in [0.717, 1.165) is 16.9 Å². The Morgan fingerprint density at radius 2 is 1.92 bits per heavy atom. The first-order valence-electron chi connectivity index (χ1n) is 11.8. The van der Waals surface area contributed by atoms with Crippen molar-refractivity contribution in [2.75, 3.05) is 18.6 Å². The Morgan fingerprint density at radius 3 is 2.62 bits per heavy atom. The number of carbonyl (C=O) groups excluding carboxylic acids is 2. The molecule has 1 aromatic heterocycles. The van der Waals surface area contributed by atoms with E-state index in [4.69, 9.17) is 9.47 Å². The number of likely N-dealkylation sites (N-methyl/N-ethyl adjacent to an activating group) is 1. The predicted octanol–water partition coefficient (Wildman–Crippen LogP) is 3.77. The molecule has 0 spiro atoms. The molecule has 0 fully saturated rings. The molecule has 0 radical (unpaired) electrons. The average molecular weight is 500 g/mol. The van der Waals surface area contributed by atoms with Gasteiger partial charge in [-0.1, -0.05) is 30.0 Å². The third-order valence-electron chi connectivity index (χ3n) is 5.77. The molecule has 1 aliphatic rings. The standard InChI is InChI=1S/C29H29N3O5/c1-18-7-6-8-19(2)26(18)37-21-12-14-30-22(16-21)27(33)31-23-17-36-25-10-9-20(11-13-29(3,4)35)15-24(25)32(5)28(23)34/h6-10,12,14-16,23,35H,17H2,1-5H3,(H,31,33)/t23-/m1/s1. The van der Waals surface area contributed by atoms with Gasteiger partial charge in [-0.15, -0.1) is 0 Å². The molecule has 4 rings (SSSR count). The van der Waals surface area contributed by atoms with Crippen molar-refractivity contribution in [3.8, 4) is 29.1 Å². The van der Waals surface area contributed by atoms with Crippen molar-refractivity contribution >= 4 is 17.5 Å². The topological polar surface area (TPSA) is 101 Å². The molecule has 0 saturated carbocycles. The molecule has 190 valence electrons. The number of fused-ring (bicyclic) bond motifs is 1. The number of nitrogens with zero attached hydrogens (tertiary/aromatic N) is 2. The van der Waals surface area contributed by atoms with E-state index in [-0.39, 0.29) is 18.2 Å². The number of amides is 2. The summed E-state index contributed by atoms with van der Waals surface area (Å²) in [7, 11) is 1.61. The number of benzene rings is 2. The van der Waals surface area contributed by atoms with Gasteiger partial charge < -0.3 is 24.8 Å². The van der Waals surface area contributed by atoms with Crippen molar-refractivity contribution in [1.29, 1.82) is 0 Å². The summed E-state index contributed by atoms with van der Waals surface area (Å²) in [5, 5.41) is 12.6. The summed E-state index contributed by atoms with van der Waals surface area (Å²) in [5.41, 5.74) is 2.06. The first kappa shape index (κ1) is 25.7. The third kappa shape index (κ3) is 6.08. The molecule has 8 nitrogen and oxygen atoms in total. The molecular formula is C29H29N3O5.